The Hall–Kier alpha value is -0.730. The fourth-order valence-electron chi connectivity index (χ4n) is 1.61. The molecule has 0 aliphatic carbocycles. The summed E-state index contributed by atoms with van der Waals surface area (Å²) >= 11 is 2.85. The number of aryl methyl sites for hydroxylation is 1. The lowest BCUT2D eigenvalue weighted by Gasteiger charge is -2.02. The van der Waals surface area contributed by atoms with Gasteiger partial charge in [0, 0.05) is 22.8 Å². The fourth-order valence-corrected chi connectivity index (χ4v) is 4.79. The molecule has 7 heteroatoms. The minimum Gasteiger partial charge on any atom is -0.316 e. The molecule has 104 valence electrons. The lowest BCUT2D eigenvalue weighted by molar-refractivity contribution is 0.584. The smallest absolute Gasteiger partial charge is 0.250 e. The van der Waals surface area contributed by atoms with Crippen molar-refractivity contribution >= 4 is 32.7 Å². The van der Waals surface area contributed by atoms with Gasteiger partial charge < -0.3 is 5.32 Å². The Kier molecular flexibility index (Phi) is 4.75. The van der Waals surface area contributed by atoms with Crippen molar-refractivity contribution in [3.05, 3.63) is 38.9 Å². The van der Waals surface area contributed by atoms with Crippen molar-refractivity contribution in [3.8, 4) is 0 Å². The molecule has 0 amide bonds. The van der Waals surface area contributed by atoms with Crippen LogP contribution in [0.25, 0.3) is 0 Å². The molecule has 0 unspecified atom stereocenters. The molecule has 0 aromatic carbocycles. The van der Waals surface area contributed by atoms with Crippen molar-refractivity contribution in [1.29, 1.82) is 0 Å². The summed E-state index contributed by atoms with van der Waals surface area (Å²) < 4.78 is 27.2. The molecule has 0 radical (unpaired) electrons. The zero-order valence-electron chi connectivity index (χ0n) is 10.8. The first kappa shape index (κ1) is 14.7. The quantitative estimate of drug-likeness (QED) is 0.860. The van der Waals surface area contributed by atoms with Crippen LogP contribution < -0.4 is 10.0 Å². The van der Waals surface area contributed by atoms with Gasteiger partial charge >= 0.3 is 0 Å². The van der Waals surface area contributed by atoms with Crippen molar-refractivity contribution in [2.45, 2.75) is 24.2 Å². The van der Waals surface area contributed by atoms with Crippen LogP contribution in [-0.2, 0) is 23.1 Å². The third-order valence-corrected chi connectivity index (χ3v) is 6.40. The highest BCUT2D eigenvalue weighted by Crippen LogP contribution is 2.21. The molecule has 0 saturated carbocycles. The Bertz CT molecular complexity index is 643. The minimum atomic E-state index is -3.40. The van der Waals surface area contributed by atoms with E-state index in [1.807, 2.05) is 31.5 Å². The van der Waals surface area contributed by atoms with E-state index in [0.29, 0.717) is 17.3 Å². The second kappa shape index (κ2) is 6.15. The van der Waals surface area contributed by atoms with Crippen LogP contribution in [0, 0.1) is 6.92 Å². The van der Waals surface area contributed by atoms with Gasteiger partial charge in [0.1, 0.15) is 4.21 Å². The maximum absolute atomic E-state index is 12.1. The first-order chi connectivity index (χ1) is 9.01. The Balaban J connectivity index is 2.04. The molecule has 0 saturated heterocycles. The van der Waals surface area contributed by atoms with Crippen LogP contribution >= 0.6 is 22.7 Å². The Morgan fingerprint density at radius 2 is 2.05 bits per heavy atom. The molecule has 4 nitrogen and oxygen atoms in total. The van der Waals surface area contributed by atoms with Crippen LogP contribution in [-0.4, -0.2) is 15.5 Å². The standard InChI is InChI=1S/C12H16N2O2S3/c1-9-3-4-11(18-9)7-14-19(15,16)12-5-10(6-13-2)8-17-12/h3-5,8,13-14H,6-7H2,1-2H3. The maximum atomic E-state index is 12.1. The summed E-state index contributed by atoms with van der Waals surface area (Å²) in [6.07, 6.45) is 0. The number of sulfonamides is 1. The van der Waals surface area contributed by atoms with E-state index in [1.165, 1.54) is 16.2 Å². The predicted molar refractivity (Wildman–Crippen MR) is 80.2 cm³/mol. The van der Waals surface area contributed by atoms with E-state index in [1.54, 1.807) is 17.4 Å². The molecule has 0 aliphatic rings. The lowest BCUT2D eigenvalue weighted by Crippen LogP contribution is -2.21. The van der Waals surface area contributed by atoms with Gasteiger partial charge in [-0.2, -0.15) is 0 Å². The number of thiophene rings is 2. The first-order valence-corrected chi connectivity index (χ1v) is 8.96. The minimum absolute atomic E-state index is 0.347. The van der Waals surface area contributed by atoms with E-state index in [-0.39, 0.29) is 0 Å². The molecular formula is C12H16N2O2S3. The van der Waals surface area contributed by atoms with Gasteiger partial charge in [0.25, 0.3) is 0 Å². The number of hydrogen-bond donors (Lipinski definition) is 2. The third kappa shape index (κ3) is 3.87. The molecule has 2 rings (SSSR count). The summed E-state index contributed by atoms with van der Waals surface area (Å²) in [6.45, 7) is 3.03. The second-order valence-electron chi connectivity index (χ2n) is 4.14. The molecule has 0 atom stereocenters. The summed E-state index contributed by atoms with van der Waals surface area (Å²) in [5.41, 5.74) is 0.986. The van der Waals surface area contributed by atoms with E-state index < -0.39 is 10.0 Å². The largest absolute Gasteiger partial charge is 0.316 e. The van der Waals surface area contributed by atoms with E-state index in [0.717, 1.165) is 10.4 Å². The Morgan fingerprint density at radius 1 is 1.26 bits per heavy atom. The van der Waals surface area contributed by atoms with Crippen molar-refractivity contribution in [2.24, 2.45) is 0 Å². The zero-order valence-corrected chi connectivity index (χ0v) is 13.2. The van der Waals surface area contributed by atoms with Gasteiger partial charge in [-0.05, 0) is 43.1 Å². The second-order valence-corrected chi connectivity index (χ2v) is 8.42. The van der Waals surface area contributed by atoms with Crippen LogP contribution in [0.4, 0.5) is 0 Å². The average Bonchev–Trinajstić information content (AvgIpc) is 2.97. The molecule has 2 heterocycles. The highest BCUT2D eigenvalue weighted by molar-refractivity contribution is 7.91. The van der Waals surface area contributed by atoms with E-state index in [4.69, 9.17) is 0 Å². The first-order valence-electron chi connectivity index (χ1n) is 5.78. The summed E-state index contributed by atoms with van der Waals surface area (Å²) in [7, 11) is -1.56. The van der Waals surface area contributed by atoms with Crippen LogP contribution in [0.3, 0.4) is 0 Å². The topological polar surface area (TPSA) is 58.2 Å². The van der Waals surface area contributed by atoms with Crippen LogP contribution in [0.1, 0.15) is 15.3 Å². The lowest BCUT2D eigenvalue weighted by atomic mass is 10.3. The molecule has 0 fully saturated rings. The Morgan fingerprint density at radius 3 is 2.68 bits per heavy atom. The van der Waals surface area contributed by atoms with E-state index in [2.05, 4.69) is 10.0 Å². The molecule has 19 heavy (non-hydrogen) atoms. The van der Waals surface area contributed by atoms with Gasteiger partial charge in [-0.25, -0.2) is 13.1 Å². The summed E-state index contributed by atoms with van der Waals surface area (Å²) in [5.74, 6) is 0. The SMILES string of the molecule is CNCc1csc(S(=O)(=O)NCc2ccc(C)s2)c1. The van der Waals surface area contributed by atoms with E-state index >= 15 is 0 Å². The summed E-state index contributed by atoms with van der Waals surface area (Å²) in [6, 6.07) is 5.65. The molecule has 0 aliphatic heterocycles. The van der Waals surface area contributed by atoms with Gasteiger partial charge in [0.05, 0.1) is 0 Å². The van der Waals surface area contributed by atoms with Gasteiger partial charge in [0.15, 0.2) is 0 Å². The fraction of sp³-hybridized carbons (Fsp3) is 0.333. The average molecular weight is 316 g/mol. The molecule has 2 N–H and O–H groups in total. The molecular weight excluding hydrogens is 300 g/mol. The molecule has 2 aromatic rings. The third-order valence-electron chi connectivity index (χ3n) is 2.51. The van der Waals surface area contributed by atoms with Gasteiger partial charge in [-0.15, -0.1) is 22.7 Å². The van der Waals surface area contributed by atoms with Gasteiger partial charge in [-0.1, -0.05) is 0 Å². The van der Waals surface area contributed by atoms with Crippen LogP contribution in [0.5, 0.6) is 0 Å². The van der Waals surface area contributed by atoms with Crippen molar-refractivity contribution in [2.75, 3.05) is 7.05 Å². The molecule has 0 bridgehead atoms. The van der Waals surface area contributed by atoms with E-state index in [9.17, 15) is 8.42 Å². The van der Waals surface area contributed by atoms with Crippen molar-refractivity contribution in [3.63, 3.8) is 0 Å². The summed E-state index contributed by atoms with van der Waals surface area (Å²) in [5, 5.41) is 4.86. The Labute approximate surface area is 121 Å². The monoisotopic (exact) mass is 316 g/mol. The van der Waals surface area contributed by atoms with Gasteiger partial charge in [-0.3, -0.25) is 0 Å². The highest BCUT2D eigenvalue weighted by Gasteiger charge is 2.16. The molecule has 2 aromatic heterocycles. The normalized spacial score (nSPS) is 11.9. The highest BCUT2D eigenvalue weighted by atomic mass is 32.2. The van der Waals surface area contributed by atoms with Gasteiger partial charge in [0.2, 0.25) is 10.0 Å². The van der Waals surface area contributed by atoms with Crippen molar-refractivity contribution in [1.82, 2.24) is 10.0 Å². The summed E-state index contributed by atoms with van der Waals surface area (Å²) in [4.78, 5) is 2.20. The van der Waals surface area contributed by atoms with Crippen LogP contribution in [0.2, 0.25) is 0 Å². The predicted octanol–water partition coefficient (Wildman–Crippen LogP) is 2.32. The number of rotatable bonds is 6. The van der Waals surface area contributed by atoms with Crippen molar-refractivity contribution < 1.29 is 8.42 Å². The van der Waals surface area contributed by atoms with Crippen LogP contribution in [0.15, 0.2) is 27.8 Å². The number of nitrogens with one attached hydrogen (secondary N) is 2. The molecule has 0 spiro atoms. The zero-order chi connectivity index (χ0) is 13.9. The number of hydrogen-bond acceptors (Lipinski definition) is 5. The maximum Gasteiger partial charge on any atom is 0.250 e.